The maximum Gasteiger partial charge on any atom is 0.416 e. The van der Waals surface area contributed by atoms with Crippen LogP contribution in [0.25, 0.3) is 0 Å². The first kappa shape index (κ1) is 22.7. The number of methoxy groups -OCH3 is 1. The normalized spacial score (nSPS) is 19.8. The summed E-state index contributed by atoms with van der Waals surface area (Å²) < 4.78 is 16.8. The second-order valence-electron chi connectivity index (χ2n) is 8.01. The lowest BCUT2D eigenvalue weighted by Gasteiger charge is -2.38. The Morgan fingerprint density at radius 1 is 1.21 bits per heavy atom. The SMILES string of the molecule is C=CCOC(=O)N1c2cc(OCc3ccccc3)c(OC)cc2C(=O)N2CCCC[C@H]2C1O. The molecule has 33 heavy (non-hydrogen) atoms. The van der Waals surface area contributed by atoms with Gasteiger partial charge in [-0.05, 0) is 30.9 Å². The van der Waals surface area contributed by atoms with Crippen molar-refractivity contribution in [1.82, 2.24) is 4.90 Å². The number of aliphatic hydroxyl groups excluding tert-OH is 1. The average molecular weight is 453 g/mol. The second-order valence-corrected chi connectivity index (χ2v) is 8.01. The van der Waals surface area contributed by atoms with E-state index in [-0.39, 0.29) is 30.4 Å². The van der Waals surface area contributed by atoms with Gasteiger partial charge < -0.3 is 24.2 Å². The van der Waals surface area contributed by atoms with Crippen LogP contribution in [-0.4, -0.2) is 54.5 Å². The lowest BCUT2D eigenvalue weighted by atomic mass is 10.0. The van der Waals surface area contributed by atoms with Crippen LogP contribution < -0.4 is 14.4 Å². The summed E-state index contributed by atoms with van der Waals surface area (Å²) in [6.07, 6.45) is 1.70. The van der Waals surface area contributed by atoms with Crippen LogP contribution in [-0.2, 0) is 11.3 Å². The number of amides is 2. The van der Waals surface area contributed by atoms with E-state index in [1.54, 1.807) is 17.0 Å². The van der Waals surface area contributed by atoms with E-state index in [1.165, 1.54) is 13.2 Å². The first-order valence-corrected chi connectivity index (χ1v) is 11.0. The van der Waals surface area contributed by atoms with Crippen LogP contribution in [0.15, 0.2) is 55.1 Å². The standard InChI is InChI=1S/C25H28N2O6/c1-3-13-32-25(30)27-20-15-22(33-16-17-9-5-4-6-10-17)21(31-2)14-18(20)23(28)26-12-8-7-11-19(26)24(27)29/h3-6,9-10,14-15,19,24,29H,1,7-8,11-13,16H2,2H3/t19-,24?/m0/s1. The number of hydrogen-bond donors (Lipinski definition) is 1. The first-order valence-electron chi connectivity index (χ1n) is 11.0. The highest BCUT2D eigenvalue weighted by molar-refractivity contribution is 6.05. The topological polar surface area (TPSA) is 88.5 Å². The first-order chi connectivity index (χ1) is 16.0. The number of benzene rings is 2. The summed E-state index contributed by atoms with van der Waals surface area (Å²) in [4.78, 5) is 29.3. The Bertz CT molecular complexity index is 1030. The van der Waals surface area contributed by atoms with Gasteiger partial charge in [0.05, 0.1) is 24.4 Å². The van der Waals surface area contributed by atoms with Crippen LogP contribution in [0.2, 0.25) is 0 Å². The summed E-state index contributed by atoms with van der Waals surface area (Å²) >= 11 is 0. The molecular formula is C25H28N2O6. The molecule has 2 aliphatic rings. The molecule has 2 aromatic rings. The number of nitrogens with zero attached hydrogens (tertiary/aromatic N) is 2. The molecule has 2 heterocycles. The van der Waals surface area contributed by atoms with Crippen molar-refractivity contribution in [1.29, 1.82) is 0 Å². The van der Waals surface area contributed by atoms with E-state index < -0.39 is 18.4 Å². The van der Waals surface area contributed by atoms with Gasteiger partial charge in [-0.15, -0.1) is 0 Å². The van der Waals surface area contributed by atoms with Gasteiger partial charge in [-0.1, -0.05) is 43.0 Å². The molecule has 1 N–H and O–H groups in total. The van der Waals surface area contributed by atoms with E-state index in [0.717, 1.165) is 23.3 Å². The molecule has 8 heteroatoms. The minimum atomic E-state index is -1.26. The fraction of sp³-hybridized carbons (Fsp3) is 0.360. The Labute approximate surface area is 193 Å². The number of ether oxygens (including phenoxy) is 3. The molecule has 4 rings (SSSR count). The van der Waals surface area contributed by atoms with Crippen LogP contribution in [0.5, 0.6) is 11.5 Å². The highest BCUT2D eigenvalue weighted by Gasteiger charge is 2.44. The molecule has 1 unspecified atom stereocenters. The number of aliphatic hydroxyl groups is 1. The molecule has 0 aromatic heterocycles. The number of carbonyl (C=O) groups excluding carboxylic acids is 2. The Morgan fingerprint density at radius 3 is 2.73 bits per heavy atom. The minimum Gasteiger partial charge on any atom is -0.493 e. The van der Waals surface area contributed by atoms with Crippen molar-refractivity contribution >= 4 is 17.7 Å². The fourth-order valence-electron chi connectivity index (χ4n) is 4.32. The third-order valence-corrected chi connectivity index (χ3v) is 5.95. The van der Waals surface area contributed by atoms with E-state index in [0.29, 0.717) is 24.5 Å². The molecular weight excluding hydrogens is 424 g/mol. The molecule has 0 spiro atoms. The van der Waals surface area contributed by atoms with Gasteiger partial charge in [-0.3, -0.25) is 4.79 Å². The maximum absolute atomic E-state index is 13.5. The van der Waals surface area contributed by atoms with Crippen LogP contribution >= 0.6 is 0 Å². The van der Waals surface area contributed by atoms with Gasteiger partial charge in [0.1, 0.15) is 13.2 Å². The molecule has 0 aliphatic carbocycles. The zero-order chi connectivity index (χ0) is 23.4. The van der Waals surface area contributed by atoms with Gasteiger partial charge in [-0.25, -0.2) is 9.69 Å². The van der Waals surface area contributed by atoms with E-state index in [1.807, 2.05) is 30.3 Å². The highest BCUT2D eigenvalue weighted by atomic mass is 16.6. The van der Waals surface area contributed by atoms with Crippen molar-refractivity contribution < 1.29 is 28.9 Å². The number of piperidine rings is 1. The van der Waals surface area contributed by atoms with Gasteiger partial charge in [0.25, 0.3) is 5.91 Å². The van der Waals surface area contributed by atoms with Crippen molar-refractivity contribution in [3.05, 3.63) is 66.2 Å². The second kappa shape index (κ2) is 9.95. The highest BCUT2D eigenvalue weighted by Crippen LogP contribution is 2.41. The minimum absolute atomic E-state index is 0.0206. The number of fused-ring (bicyclic) bond motifs is 2. The molecule has 0 bridgehead atoms. The summed E-state index contributed by atoms with van der Waals surface area (Å²) in [6.45, 7) is 4.32. The van der Waals surface area contributed by atoms with Crippen molar-refractivity contribution in [2.75, 3.05) is 25.2 Å². The molecule has 0 saturated carbocycles. The summed E-state index contributed by atoms with van der Waals surface area (Å²) in [5.74, 6) is 0.449. The summed E-state index contributed by atoms with van der Waals surface area (Å²) in [7, 11) is 1.49. The third kappa shape index (κ3) is 4.52. The third-order valence-electron chi connectivity index (χ3n) is 5.95. The number of hydrogen-bond acceptors (Lipinski definition) is 6. The number of carbonyl (C=O) groups is 2. The van der Waals surface area contributed by atoms with Crippen LogP contribution in [0.4, 0.5) is 10.5 Å². The van der Waals surface area contributed by atoms with Crippen molar-refractivity contribution in [2.24, 2.45) is 0 Å². The lowest BCUT2D eigenvalue weighted by molar-refractivity contribution is 0.0233. The van der Waals surface area contributed by atoms with Crippen LogP contribution in [0, 0.1) is 0 Å². The van der Waals surface area contributed by atoms with Crippen molar-refractivity contribution in [3.63, 3.8) is 0 Å². The predicted molar refractivity (Wildman–Crippen MR) is 122 cm³/mol. The molecule has 174 valence electrons. The van der Waals surface area contributed by atoms with E-state index in [2.05, 4.69) is 6.58 Å². The predicted octanol–water partition coefficient (Wildman–Crippen LogP) is 3.73. The monoisotopic (exact) mass is 452 g/mol. The zero-order valence-corrected chi connectivity index (χ0v) is 18.6. The molecule has 2 aliphatic heterocycles. The summed E-state index contributed by atoms with van der Waals surface area (Å²) in [5, 5.41) is 11.2. The number of anilines is 1. The van der Waals surface area contributed by atoms with Crippen molar-refractivity contribution in [2.45, 2.75) is 38.1 Å². The summed E-state index contributed by atoms with van der Waals surface area (Å²) in [5.41, 5.74) is 1.42. The van der Waals surface area contributed by atoms with E-state index in [9.17, 15) is 14.7 Å². The van der Waals surface area contributed by atoms with Gasteiger partial charge in [0, 0.05) is 12.6 Å². The molecule has 1 saturated heterocycles. The molecule has 2 atom stereocenters. The largest absolute Gasteiger partial charge is 0.493 e. The molecule has 8 nitrogen and oxygen atoms in total. The Kier molecular flexibility index (Phi) is 6.84. The quantitative estimate of drug-likeness (QED) is 0.672. The van der Waals surface area contributed by atoms with Gasteiger partial charge in [0.15, 0.2) is 17.7 Å². The molecule has 2 amide bonds. The zero-order valence-electron chi connectivity index (χ0n) is 18.6. The van der Waals surface area contributed by atoms with Gasteiger partial charge >= 0.3 is 6.09 Å². The lowest BCUT2D eigenvalue weighted by Crippen LogP contribution is -2.55. The van der Waals surface area contributed by atoms with E-state index in [4.69, 9.17) is 14.2 Å². The molecule has 2 aromatic carbocycles. The Hall–Kier alpha value is -3.52. The Balaban J connectivity index is 1.78. The van der Waals surface area contributed by atoms with Gasteiger partial charge in [0.2, 0.25) is 0 Å². The van der Waals surface area contributed by atoms with Crippen molar-refractivity contribution in [3.8, 4) is 11.5 Å². The smallest absolute Gasteiger partial charge is 0.416 e. The van der Waals surface area contributed by atoms with E-state index >= 15 is 0 Å². The summed E-state index contributed by atoms with van der Waals surface area (Å²) in [6, 6.07) is 12.2. The fourth-order valence-corrected chi connectivity index (χ4v) is 4.32. The average Bonchev–Trinajstić information content (AvgIpc) is 2.94. The van der Waals surface area contributed by atoms with Gasteiger partial charge in [-0.2, -0.15) is 0 Å². The Morgan fingerprint density at radius 2 is 2.00 bits per heavy atom. The molecule has 1 fully saturated rings. The maximum atomic E-state index is 13.5. The van der Waals surface area contributed by atoms with Crippen LogP contribution in [0.1, 0.15) is 35.2 Å². The molecule has 0 radical (unpaired) electrons. The van der Waals surface area contributed by atoms with Crippen LogP contribution in [0.3, 0.4) is 0 Å². The number of rotatable bonds is 6.